The molecule has 0 spiro atoms. The Morgan fingerprint density at radius 1 is 1.38 bits per heavy atom. The second-order valence-electron chi connectivity index (χ2n) is 6.25. The lowest BCUT2D eigenvalue weighted by molar-refractivity contribution is -0.140. The Morgan fingerprint density at radius 2 is 2.12 bits per heavy atom. The molecule has 0 saturated carbocycles. The fourth-order valence-electron chi connectivity index (χ4n) is 2.93. The SMILES string of the molecule is COC(=O)CCCc1nnc(NC(=O)CC(C)C2CCNCC2)s1. The molecule has 0 aromatic carbocycles. The normalized spacial score (nSPS) is 16.6. The molecule has 1 aromatic heterocycles. The van der Waals surface area contributed by atoms with Crippen LogP contribution >= 0.6 is 11.3 Å². The smallest absolute Gasteiger partial charge is 0.305 e. The topological polar surface area (TPSA) is 93.2 Å². The van der Waals surface area contributed by atoms with Gasteiger partial charge in [-0.25, -0.2) is 0 Å². The first-order valence-corrected chi connectivity index (χ1v) is 9.30. The molecule has 7 nitrogen and oxygen atoms in total. The number of aryl methyl sites for hydroxylation is 1. The van der Waals surface area contributed by atoms with Crippen LogP contribution in [-0.4, -0.2) is 42.3 Å². The highest BCUT2D eigenvalue weighted by atomic mass is 32.1. The van der Waals surface area contributed by atoms with Crippen LogP contribution in [0.5, 0.6) is 0 Å². The Balaban J connectivity index is 1.72. The number of rotatable bonds is 8. The van der Waals surface area contributed by atoms with Gasteiger partial charge >= 0.3 is 5.97 Å². The number of carbonyl (C=O) groups is 2. The van der Waals surface area contributed by atoms with Crippen LogP contribution < -0.4 is 10.6 Å². The second kappa shape index (κ2) is 9.68. The third-order valence-electron chi connectivity index (χ3n) is 4.41. The van der Waals surface area contributed by atoms with Crippen molar-refractivity contribution in [3.8, 4) is 0 Å². The average Bonchev–Trinajstić information content (AvgIpc) is 3.02. The molecule has 1 aliphatic rings. The molecule has 0 bridgehead atoms. The van der Waals surface area contributed by atoms with Crippen LogP contribution in [0.15, 0.2) is 0 Å². The molecule has 1 fully saturated rings. The molecule has 2 N–H and O–H groups in total. The van der Waals surface area contributed by atoms with Crippen LogP contribution in [-0.2, 0) is 20.7 Å². The maximum Gasteiger partial charge on any atom is 0.305 e. The maximum atomic E-state index is 12.2. The zero-order valence-electron chi connectivity index (χ0n) is 14.3. The van der Waals surface area contributed by atoms with E-state index in [9.17, 15) is 9.59 Å². The van der Waals surface area contributed by atoms with Crippen molar-refractivity contribution in [3.63, 3.8) is 0 Å². The number of esters is 1. The number of hydrogen-bond donors (Lipinski definition) is 2. The third kappa shape index (κ3) is 6.16. The van der Waals surface area contributed by atoms with Gasteiger partial charge in [-0.2, -0.15) is 0 Å². The maximum absolute atomic E-state index is 12.2. The first-order chi connectivity index (χ1) is 11.6. The molecular weight excluding hydrogens is 328 g/mol. The number of methoxy groups -OCH3 is 1. The van der Waals surface area contributed by atoms with Crippen LogP contribution in [0.2, 0.25) is 0 Å². The van der Waals surface area contributed by atoms with E-state index in [-0.39, 0.29) is 11.9 Å². The van der Waals surface area contributed by atoms with E-state index in [0.29, 0.717) is 42.7 Å². The van der Waals surface area contributed by atoms with Gasteiger partial charge in [-0.05, 0) is 44.2 Å². The molecule has 24 heavy (non-hydrogen) atoms. The van der Waals surface area contributed by atoms with E-state index in [0.717, 1.165) is 30.9 Å². The van der Waals surface area contributed by atoms with Gasteiger partial charge in [0.05, 0.1) is 7.11 Å². The van der Waals surface area contributed by atoms with Crippen LogP contribution in [0, 0.1) is 11.8 Å². The van der Waals surface area contributed by atoms with Crippen LogP contribution in [0.4, 0.5) is 5.13 Å². The van der Waals surface area contributed by atoms with Crippen molar-refractivity contribution in [2.45, 2.75) is 45.4 Å². The van der Waals surface area contributed by atoms with Gasteiger partial charge in [0.1, 0.15) is 5.01 Å². The number of carbonyl (C=O) groups excluding carboxylic acids is 2. The van der Waals surface area contributed by atoms with Gasteiger partial charge in [-0.15, -0.1) is 10.2 Å². The van der Waals surface area contributed by atoms with E-state index < -0.39 is 0 Å². The monoisotopic (exact) mass is 354 g/mol. The van der Waals surface area contributed by atoms with E-state index in [1.54, 1.807) is 0 Å². The van der Waals surface area contributed by atoms with Crippen LogP contribution in [0.1, 0.15) is 44.0 Å². The molecule has 1 aromatic rings. The zero-order chi connectivity index (χ0) is 17.4. The number of nitrogens with one attached hydrogen (secondary N) is 2. The van der Waals surface area contributed by atoms with Crippen LogP contribution in [0.25, 0.3) is 0 Å². The number of hydrogen-bond acceptors (Lipinski definition) is 7. The average molecular weight is 354 g/mol. The minimum absolute atomic E-state index is 0.00158. The standard InChI is InChI=1S/C16H26N4O3S/c1-11(12-6-8-17-9-7-12)10-13(21)18-16-20-19-14(24-16)4-3-5-15(22)23-2/h11-12,17H,3-10H2,1-2H3,(H,18,20,21). The molecule has 2 heterocycles. The summed E-state index contributed by atoms with van der Waals surface area (Å²) in [5, 5.41) is 15.6. The van der Waals surface area contributed by atoms with E-state index >= 15 is 0 Å². The van der Waals surface area contributed by atoms with Crippen molar-refractivity contribution in [1.29, 1.82) is 0 Å². The zero-order valence-corrected chi connectivity index (χ0v) is 15.2. The first-order valence-electron chi connectivity index (χ1n) is 8.48. The summed E-state index contributed by atoms with van der Waals surface area (Å²) in [4.78, 5) is 23.2. The van der Waals surface area contributed by atoms with Gasteiger partial charge in [0.2, 0.25) is 11.0 Å². The lowest BCUT2D eigenvalue weighted by atomic mass is 9.84. The minimum atomic E-state index is -0.222. The predicted octanol–water partition coefficient (Wildman–Crippen LogP) is 2.00. The van der Waals surface area contributed by atoms with Crippen molar-refractivity contribution in [1.82, 2.24) is 15.5 Å². The highest BCUT2D eigenvalue weighted by molar-refractivity contribution is 7.15. The number of aromatic nitrogens is 2. The number of amides is 1. The number of ether oxygens (including phenoxy) is 1. The summed E-state index contributed by atoms with van der Waals surface area (Å²) in [6.45, 7) is 4.23. The molecule has 1 saturated heterocycles. The Hall–Kier alpha value is -1.54. The molecule has 8 heteroatoms. The van der Waals surface area contributed by atoms with Crippen molar-refractivity contribution >= 4 is 28.3 Å². The third-order valence-corrected chi connectivity index (χ3v) is 5.31. The lowest BCUT2D eigenvalue weighted by Gasteiger charge is -2.27. The molecule has 0 aliphatic carbocycles. The molecule has 1 amide bonds. The van der Waals surface area contributed by atoms with E-state index in [1.807, 2.05) is 0 Å². The molecule has 2 rings (SSSR count). The predicted molar refractivity (Wildman–Crippen MR) is 92.9 cm³/mol. The quantitative estimate of drug-likeness (QED) is 0.694. The first kappa shape index (κ1) is 18.8. The number of anilines is 1. The summed E-state index contributed by atoms with van der Waals surface area (Å²) >= 11 is 1.37. The highest BCUT2D eigenvalue weighted by Gasteiger charge is 2.22. The Morgan fingerprint density at radius 3 is 2.83 bits per heavy atom. The largest absolute Gasteiger partial charge is 0.469 e. The van der Waals surface area contributed by atoms with Gasteiger partial charge in [-0.1, -0.05) is 18.3 Å². The number of nitrogens with zero attached hydrogens (tertiary/aromatic N) is 2. The van der Waals surface area contributed by atoms with E-state index in [1.165, 1.54) is 18.4 Å². The Bertz CT molecular complexity index is 543. The van der Waals surface area contributed by atoms with Crippen molar-refractivity contribution in [2.75, 3.05) is 25.5 Å². The summed E-state index contributed by atoms with van der Waals surface area (Å²) in [5.41, 5.74) is 0. The van der Waals surface area contributed by atoms with Gasteiger partial charge in [-0.3, -0.25) is 9.59 Å². The molecular formula is C16H26N4O3S. The summed E-state index contributed by atoms with van der Waals surface area (Å²) < 4.78 is 4.60. The Kier molecular flexibility index (Phi) is 7.58. The Labute approximate surface area is 146 Å². The number of piperidine rings is 1. The van der Waals surface area contributed by atoms with E-state index in [2.05, 4.69) is 32.5 Å². The molecule has 1 aliphatic heterocycles. The van der Waals surface area contributed by atoms with Crippen molar-refractivity contribution in [3.05, 3.63) is 5.01 Å². The molecule has 0 radical (unpaired) electrons. The second-order valence-corrected chi connectivity index (χ2v) is 7.31. The van der Waals surface area contributed by atoms with Gasteiger partial charge in [0.15, 0.2) is 0 Å². The van der Waals surface area contributed by atoms with Gasteiger partial charge in [0.25, 0.3) is 0 Å². The highest BCUT2D eigenvalue weighted by Crippen LogP contribution is 2.25. The van der Waals surface area contributed by atoms with Crippen molar-refractivity contribution in [2.24, 2.45) is 11.8 Å². The van der Waals surface area contributed by atoms with Crippen molar-refractivity contribution < 1.29 is 14.3 Å². The fraction of sp³-hybridized carbons (Fsp3) is 0.750. The lowest BCUT2D eigenvalue weighted by Crippen LogP contribution is -2.32. The van der Waals surface area contributed by atoms with E-state index in [4.69, 9.17) is 0 Å². The van der Waals surface area contributed by atoms with Crippen LogP contribution in [0.3, 0.4) is 0 Å². The summed E-state index contributed by atoms with van der Waals surface area (Å²) in [5.74, 6) is 0.762. The summed E-state index contributed by atoms with van der Waals surface area (Å²) in [6.07, 6.45) is 4.48. The molecule has 134 valence electrons. The summed E-state index contributed by atoms with van der Waals surface area (Å²) in [7, 11) is 1.38. The van der Waals surface area contributed by atoms with Gasteiger partial charge in [0, 0.05) is 19.3 Å². The summed E-state index contributed by atoms with van der Waals surface area (Å²) in [6, 6.07) is 0. The fourth-order valence-corrected chi connectivity index (χ4v) is 3.73. The molecule has 1 unspecified atom stereocenters. The molecule has 1 atom stereocenters. The minimum Gasteiger partial charge on any atom is -0.469 e. The van der Waals surface area contributed by atoms with Gasteiger partial charge < -0.3 is 15.4 Å².